The summed E-state index contributed by atoms with van der Waals surface area (Å²) in [7, 11) is 0. The Morgan fingerprint density at radius 2 is 2.00 bits per heavy atom. The molecule has 2 aromatic heterocycles. The molecule has 1 unspecified atom stereocenters. The molecular weight excluding hydrogens is 459 g/mol. The Bertz CT molecular complexity index is 1200. The number of H-pyrrole nitrogens is 1. The fourth-order valence-electron chi connectivity index (χ4n) is 4.71. The van der Waals surface area contributed by atoms with Gasteiger partial charge in [0.25, 0.3) is 0 Å². The minimum atomic E-state index is -0.586. The van der Waals surface area contributed by atoms with Crippen molar-refractivity contribution in [3.05, 3.63) is 48.5 Å². The first-order chi connectivity index (χ1) is 17.2. The molecule has 3 aromatic rings. The van der Waals surface area contributed by atoms with Gasteiger partial charge in [-0.1, -0.05) is 6.42 Å². The molecule has 36 heavy (non-hydrogen) atoms. The number of nitrogens with zero attached hydrogens (tertiary/aromatic N) is 2. The molecule has 8 heteroatoms. The SMILES string of the molecule is CC(C)(C)OC(=O)NCC(=O)CC1CCCCN(c2ccc(-c3c[nH]c4cc(F)ccc34)cn2)CC1. The van der Waals surface area contributed by atoms with E-state index in [-0.39, 0.29) is 24.1 Å². The van der Waals surface area contributed by atoms with Gasteiger partial charge < -0.3 is 19.9 Å². The number of hydrogen-bond acceptors (Lipinski definition) is 5. The lowest BCUT2D eigenvalue weighted by atomic mass is 9.91. The predicted molar refractivity (Wildman–Crippen MR) is 140 cm³/mol. The number of ether oxygens (including phenoxy) is 1. The minimum Gasteiger partial charge on any atom is -0.444 e. The molecule has 1 aromatic carbocycles. The number of alkyl carbamates (subject to hydrolysis) is 1. The van der Waals surface area contributed by atoms with Gasteiger partial charge in [0.05, 0.1) is 6.54 Å². The van der Waals surface area contributed by atoms with Gasteiger partial charge in [-0.15, -0.1) is 0 Å². The Morgan fingerprint density at radius 3 is 2.75 bits per heavy atom. The molecule has 0 aliphatic carbocycles. The molecule has 1 aliphatic rings. The smallest absolute Gasteiger partial charge is 0.408 e. The molecule has 192 valence electrons. The predicted octanol–water partition coefficient (Wildman–Crippen LogP) is 5.85. The van der Waals surface area contributed by atoms with Crippen molar-refractivity contribution in [3.63, 3.8) is 0 Å². The highest BCUT2D eigenvalue weighted by Gasteiger charge is 2.21. The zero-order chi connectivity index (χ0) is 25.7. The highest BCUT2D eigenvalue weighted by Crippen LogP contribution is 2.30. The van der Waals surface area contributed by atoms with Gasteiger partial charge in [-0.2, -0.15) is 0 Å². The molecule has 1 aliphatic heterocycles. The fourth-order valence-corrected chi connectivity index (χ4v) is 4.71. The van der Waals surface area contributed by atoms with E-state index in [2.05, 4.69) is 21.3 Å². The summed E-state index contributed by atoms with van der Waals surface area (Å²) in [6.07, 6.45) is 7.65. The maximum atomic E-state index is 13.5. The van der Waals surface area contributed by atoms with Gasteiger partial charge in [-0.25, -0.2) is 14.2 Å². The first-order valence-electron chi connectivity index (χ1n) is 12.6. The lowest BCUT2D eigenvalue weighted by molar-refractivity contribution is -0.119. The molecular formula is C28H35FN4O3. The second-order valence-electron chi connectivity index (χ2n) is 10.5. The highest BCUT2D eigenvalue weighted by molar-refractivity contribution is 5.95. The number of aromatic amines is 1. The summed E-state index contributed by atoms with van der Waals surface area (Å²) in [5, 5.41) is 3.53. The van der Waals surface area contributed by atoms with Crippen molar-refractivity contribution in [1.29, 1.82) is 0 Å². The molecule has 7 nitrogen and oxygen atoms in total. The highest BCUT2D eigenvalue weighted by atomic mass is 19.1. The van der Waals surface area contributed by atoms with Crippen LogP contribution < -0.4 is 10.2 Å². The number of halogens is 1. The Labute approximate surface area is 211 Å². The van der Waals surface area contributed by atoms with Crippen molar-refractivity contribution in [1.82, 2.24) is 15.3 Å². The fraction of sp³-hybridized carbons (Fsp3) is 0.464. The van der Waals surface area contributed by atoms with Gasteiger partial charge in [-0.05, 0) is 76.3 Å². The van der Waals surface area contributed by atoms with Crippen LogP contribution in [0.4, 0.5) is 15.0 Å². The number of rotatable bonds is 6. The number of carbonyl (C=O) groups excluding carboxylic acids is 2. The van der Waals surface area contributed by atoms with Crippen molar-refractivity contribution >= 4 is 28.6 Å². The zero-order valence-corrected chi connectivity index (χ0v) is 21.3. The molecule has 0 radical (unpaired) electrons. The van der Waals surface area contributed by atoms with Gasteiger partial charge in [0.2, 0.25) is 0 Å². The molecule has 2 N–H and O–H groups in total. The second-order valence-corrected chi connectivity index (χ2v) is 10.5. The monoisotopic (exact) mass is 494 g/mol. The van der Waals surface area contributed by atoms with Crippen LogP contribution in [0.15, 0.2) is 42.7 Å². The van der Waals surface area contributed by atoms with Gasteiger partial charge >= 0.3 is 6.09 Å². The largest absolute Gasteiger partial charge is 0.444 e. The molecule has 4 rings (SSSR count). The lowest BCUT2D eigenvalue weighted by Gasteiger charge is -2.29. The molecule has 1 amide bonds. The average molecular weight is 495 g/mol. The van der Waals surface area contributed by atoms with Gasteiger partial charge in [0.1, 0.15) is 17.2 Å². The van der Waals surface area contributed by atoms with Crippen LogP contribution in [0.25, 0.3) is 22.0 Å². The number of amides is 1. The molecule has 0 spiro atoms. The zero-order valence-electron chi connectivity index (χ0n) is 21.3. The lowest BCUT2D eigenvalue weighted by Crippen LogP contribution is -2.36. The normalized spacial score (nSPS) is 16.9. The summed E-state index contributed by atoms with van der Waals surface area (Å²) in [5.41, 5.74) is 2.15. The van der Waals surface area contributed by atoms with E-state index in [1.165, 1.54) is 12.1 Å². The number of carbonyl (C=O) groups is 2. The van der Waals surface area contributed by atoms with E-state index in [1.54, 1.807) is 26.8 Å². The van der Waals surface area contributed by atoms with Crippen molar-refractivity contribution in [2.75, 3.05) is 24.5 Å². The van der Waals surface area contributed by atoms with E-state index in [9.17, 15) is 14.0 Å². The van der Waals surface area contributed by atoms with E-state index in [1.807, 2.05) is 18.5 Å². The number of anilines is 1. The number of Topliss-reactive ketones (excluding diaryl/α,β-unsaturated/α-hetero) is 1. The summed E-state index contributed by atoms with van der Waals surface area (Å²) in [6, 6.07) is 8.83. The number of aromatic nitrogens is 2. The molecule has 1 atom stereocenters. The van der Waals surface area contributed by atoms with Crippen molar-refractivity contribution in [3.8, 4) is 11.1 Å². The number of benzene rings is 1. The third-order valence-electron chi connectivity index (χ3n) is 6.47. The molecule has 0 saturated carbocycles. The van der Waals surface area contributed by atoms with Crippen molar-refractivity contribution in [2.45, 2.75) is 58.5 Å². The summed E-state index contributed by atoms with van der Waals surface area (Å²) < 4.78 is 18.7. The first kappa shape index (κ1) is 25.7. The van der Waals surface area contributed by atoms with Gasteiger partial charge in [0.15, 0.2) is 5.78 Å². The van der Waals surface area contributed by atoms with E-state index in [4.69, 9.17) is 9.72 Å². The Balaban J connectivity index is 1.33. The second kappa shape index (κ2) is 11.1. The maximum absolute atomic E-state index is 13.5. The summed E-state index contributed by atoms with van der Waals surface area (Å²) >= 11 is 0. The summed E-state index contributed by atoms with van der Waals surface area (Å²) in [6.45, 7) is 7.14. The Hall–Kier alpha value is -3.42. The summed E-state index contributed by atoms with van der Waals surface area (Å²) in [5.74, 6) is 0.967. The van der Waals surface area contributed by atoms with E-state index in [0.717, 1.165) is 66.6 Å². The third kappa shape index (κ3) is 6.83. The average Bonchev–Trinajstić information content (AvgIpc) is 3.22. The van der Waals surface area contributed by atoms with Crippen molar-refractivity contribution in [2.24, 2.45) is 5.92 Å². The van der Waals surface area contributed by atoms with Gasteiger partial charge in [-0.3, -0.25) is 4.79 Å². The minimum absolute atomic E-state index is 0.00137. The molecule has 3 heterocycles. The standard InChI is InChI=1S/C28H35FN4O3/c1-28(2,3)36-27(35)32-17-22(34)14-19-6-4-5-12-33(13-11-19)26-10-7-20(16-31-26)24-18-30-25-15-21(29)8-9-23(24)25/h7-10,15-16,18-19,30H,4-6,11-14,17H2,1-3H3,(H,32,35). The number of ketones is 1. The summed E-state index contributed by atoms with van der Waals surface area (Å²) in [4.78, 5) is 34.4. The van der Waals surface area contributed by atoms with Crippen LogP contribution in [0.5, 0.6) is 0 Å². The topological polar surface area (TPSA) is 87.3 Å². The number of pyridine rings is 1. The van der Waals surface area contributed by atoms with Crippen LogP contribution in [0.1, 0.15) is 52.9 Å². The van der Waals surface area contributed by atoms with Crippen LogP contribution in [-0.2, 0) is 9.53 Å². The molecule has 0 bridgehead atoms. The molecule has 1 saturated heterocycles. The number of fused-ring (bicyclic) bond motifs is 1. The maximum Gasteiger partial charge on any atom is 0.408 e. The van der Waals surface area contributed by atoms with E-state index < -0.39 is 11.7 Å². The third-order valence-corrected chi connectivity index (χ3v) is 6.47. The van der Waals surface area contributed by atoms with Crippen LogP contribution in [0, 0.1) is 11.7 Å². The number of nitrogens with one attached hydrogen (secondary N) is 2. The van der Waals surface area contributed by atoms with Crippen LogP contribution in [0.2, 0.25) is 0 Å². The first-order valence-corrected chi connectivity index (χ1v) is 12.6. The molecule has 1 fully saturated rings. The quantitative estimate of drug-likeness (QED) is 0.449. The van der Waals surface area contributed by atoms with Crippen LogP contribution in [0.3, 0.4) is 0 Å². The van der Waals surface area contributed by atoms with E-state index in [0.29, 0.717) is 6.42 Å². The Kier molecular flexibility index (Phi) is 7.91. The van der Waals surface area contributed by atoms with Crippen LogP contribution >= 0.6 is 0 Å². The van der Waals surface area contributed by atoms with E-state index >= 15 is 0 Å². The van der Waals surface area contributed by atoms with Crippen molar-refractivity contribution < 1.29 is 18.7 Å². The van der Waals surface area contributed by atoms with Crippen LogP contribution in [-0.4, -0.2) is 47.1 Å². The Morgan fingerprint density at radius 1 is 1.17 bits per heavy atom. The van der Waals surface area contributed by atoms with Gasteiger partial charge in [0, 0.05) is 53.9 Å². The number of hydrogen-bond donors (Lipinski definition) is 2.